The molecule has 3 atom stereocenters. The van der Waals surface area contributed by atoms with Crippen molar-refractivity contribution < 1.29 is 14.6 Å². The summed E-state index contributed by atoms with van der Waals surface area (Å²) in [6.45, 7) is 7.80. The predicted molar refractivity (Wildman–Crippen MR) is 68.2 cm³/mol. The maximum Gasteiger partial charge on any atom is 0.181 e. The van der Waals surface area contributed by atoms with Crippen molar-refractivity contribution in [1.29, 1.82) is 0 Å². The van der Waals surface area contributed by atoms with Crippen LogP contribution in [0.3, 0.4) is 0 Å². The van der Waals surface area contributed by atoms with E-state index in [2.05, 4.69) is 6.92 Å². The molecule has 0 unspecified atom stereocenters. The van der Waals surface area contributed by atoms with Crippen molar-refractivity contribution in [3.8, 4) is 0 Å². The third-order valence-electron chi connectivity index (χ3n) is 5.17. The van der Waals surface area contributed by atoms with E-state index in [4.69, 9.17) is 4.74 Å². The minimum Gasteiger partial charge on any atom is -0.382 e. The molecule has 3 nitrogen and oxygen atoms in total. The molecule has 0 bridgehead atoms. The Labute approximate surface area is 108 Å². The lowest BCUT2D eigenvalue weighted by molar-refractivity contribution is -0.111. The zero-order valence-corrected chi connectivity index (χ0v) is 11.5. The molecule has 98 valence electrons. The number of ketones is 1. The van der Waals surface area contributed by atoms with Gasteiger partial charge in [0.05, 0.1) is 5.60 Å². The van der Waals surface area contributed by atoms with Crippen LogP contribution in [0.2, 0.25) is 0 Å². The van der Waals surface area contributed by atoms with Crippen LogP contribution in [0, 0.1) is 0 Å². The maximum absolute atomic E-state index is 12.2. The van der Waals surface area contributed by atoms with Gasteiger partial charge < -0.3 is 9.84 Å². The Morgan fingerprint density at radius 1 is 1.39 bits per heavy atom. The summed E-state index contributed by atoms with van der Waals surface area (Å²) < 4.78 is 5.94. The van der Waals surface area contributed by atoms with E-state index in [0.717, 1.165) is 23.1 Å². The first-order valence-electron chi connectivity index (χ1n) is 6.58. The van der Waals surface area contributed by atoms with Gasteiger partial charge in [-0.15, -0.1) is 0 Å². The van der Waals surface area contributed by atoms with Gasteiger partial charge in [-0.2, -0.15) is 0 Å². The van der Waals surface area contributed by atoms with Gasteiger partial charge in [0.25, 0.3) is 0 Å². The molecule has 3 aliphatic rings. The third-order valence-corrected chi connectivity index (χ3v) is 5.17. The van der Waals surface area contributed by atoms with Crippen LogP contribution in [-0.2, 0) is 9.53 Å². The van der Waals surface area contributed by atoms with Crippen molar-refractivity contribution in [2.24, 2.45) is 0 Å². The average molecular weight is 248 g/mol. The molecule has 1 saturated heterocycles. The van der Waals surface area contributed by atoms with Crippen LogP contribution in [0.5, 0.6) is 0 Å². The lowest BCUT2D eigenvalue weighted by atomic mass is 9.78. The fourth-order valence-corrected chi connectivity index (χ4v) is 3.80. The van der Waals surface area contributed by atoms with Gasteiger partial charge in [-0.05, 0) is 52.2 Å². The van der Waals surface area contributed by atoms with E-state index in [-0.39, 0.29) is 11.4 Å². The summed E-state index contributed by atoms with van der Waals surface area (Å²) in [6, 6.07) is 0. The molecule has 0 amide bonds. The molecule has 18 heavy (non-hydrogen) atoms. The number of rotatable bonds is 0. The molecule has 2 fully saturated rings. The fraction of sp³-hybridized carbons (Fsp3) is 0.667. The Hall–Kier alpha value is -0.930. The molecular formula is C15H20O3. The SMILES string of the molecule is CC1=CC(=O)C(=C(C)C)C[C@@]23O[C@]2(C)CC[C@]13O. The summed E-state index contributed by atoms with van der Waals surface area (Å²) in [7, 11) is 0. The molecule has 3 rings (SSSR count). The third kappa shape index (κ3) is 1.14. The van der Waals surface area contributed by atoms with Crippen LogP contribution >= 0.6 is 0 Å². The van der Waals surface area contributed by atoms with Crippen molar-refractivity contribution >= 4 is 5.78 Å². The van der Waals surface area contributed by atoms with Gasteiger partial charge in [0.1, 0.15) is 11.2 Å². The Morgan fingerprint density at radius 3 is 2.61 bits per heavy atom. The van der Waals surface area contributed by atoms with E-state index in [1.54, 1.807) is 6.08 Å². The molecule has 1 aliphatic heterocycles. The van der Waals surface area contributed by atoms with Crippen molar-refractivity contribution in [1.82, 2.24) is 0 Å². The van der Waals surface area contributed by atoms with Crippen molar-refractivity contribution in [2.75, 3.05) is 0 Å². The highest BCUT2D eigenvalue weighted by Gasteiger charge is 2.81. The van der Waals surface area contributed by atoms with Crippen molar-refractivity contribution in [2.45, 2.75) is 63.8 Å². The molecule has 0 radical (unpaired) electrons. The monoisotopic (exact) mass is 248 g/mol. The van der Waals surface area contributed by atoms with Gasteiger partial charge in [-0.25, -0.2) is 0 Å². The van der Waals surface area contributed by atoms with Gasteiger partial charge >= 0.3 is 0 Å². The summed E-state index contributed by atoms with van der Waals surface area (Å²) in [5.74, 6) is 0.0301. The molecular weight excluding hydrogens is 228 g/mol. The number of carbonyl (C=O) groups excluding carboxylic acids is 1. The highest BCUT2D eigenvalue weighted by Crippen LogP contribution is 2.69. The van der Waals surface area contributed by atoms with Gasteiger partial charge in [0, 0.05) is 12.0 Å². The van der Waals surface area contributed by atoms with E-state index in [0.29, 0.717) is 12.8 Å². The van der Waals surface area contributed by atoms with Crippen LogP contribution in [0.15, 0.2) is 22.8 Å². The minimum absolute atomic E-state index is 0.0301. The summed E-state index contributed by atoms with van der Waals surface area (Å²) in [4.78, 5) is 12.2. The lowest BCUT2D eigenvalue weighted by Gasteiger charge is -2.31. The van der Waals surface area contributed by atoms with Crippen LogP contribution in [0.25, 0.3) is 0 Å². The second kappa shape index (κ2) is 3.14. The molecule has 1 N–H and O–H groups in total. The quantitative estimate of drug-likeness (QED) is 0.528. The predicted octanol–water partition coefficient (Wildman–Crippen LogP) is 2.29. The molecule has 3 heteroatoms. The van der Waals surface area contributed by atoms with Crippen molar-refractivity contribution in [3.63, 3.8) is 0 Å². The number of hydrogen-bond acceptors (Lipinski definition) is 3. The first-order valence-corrected chi connectivity index (χ1v) is 6.58. The van der Waals surface area contributed by atoms with E-state index >= 15 is 0 Å². The molecule has 0 aromatic carbocycles. The minimum atomic E-state index is -0.964. The van der Waals surface area contributed by atoms with Crippen LogP contribution in [0.1, 0.15) is 47.0 Å². The maximum atomic E-state index is 12.2. The zero-order valence-electron chi connectivity index (χ0n) is 11.5. The fourth-order valence-electron chi connectivity index (χ4n) is 3.80. The second-order valence-electron chi connectivity index (χ2n) is 6.37. The summed E-state index contributed by atoms with van der Waals surface area (Å²) in [6.07, 6.45) is 3.69. The molecule has 1 saturated carbocycles. The Morgan fingerprint density at radius 2 is 2.06 bits per heavy atom. The molecule has 0 aromatic rings. The van der Waals surface area contributed by atoms with Crippen LogP contribution in [0.4, 0.5) is 0 Å². The summed E-state index contributed by atoms with van der Waals surface area (Å²) in [5.41, 5.74) is 0.782. The molecule has 1 spiro atoms. The highest BCUT2D eigenvalue weighted by atomic mass is 16.6. The number of epoxide rings is 1. The number of allylic oxidation sites excluding steroid dienone is 2. The summed E-state index contributed by atoms with van der Waals surface area (Å²) >= 11 is 0. The lowest BCUT2D eigenvalue weighted by Crippen LogP contribution is -2.44. The van der Waals surface area contributed by atoms with Gasteiger partial charge in [0.2, 0.25) is 0 Å². The largest absolute Gasteiger partial charge is 0.382 e. The van der Waals surface area contributed by atoms with Gasteiger partial charge in [-0.1, -0.05) is 5.57 Å². The van der Waals surface area contributed by atoms with E-state index in [1.165, 1.54) is 0 Å². The highest BCUT2D eigenvalue weighted by molar-refractivity contribution is 6.05. The molecule has 1 heterocycles. The Kier molecular flexibility index (Phi) is 2.12. The van der Waals surface area contributed by atoms with Crippen LogP contribution < -0.4 is 0 Å². The second-order valence-corrected chi connectivity index (χ2v) is 6.37. The van der Waals surface area contributed by atoms with E-state index in [9.17, 15) is 9.90 Å². The van der Waals surface area contributed by atoms with E-state index in [1.807, 2.05) is 20.8 Å². The topological polar surface area (TPSA) is 49.8 Å². The van der Waals surface area contributed by atoms with E-state index < -0.39 is 11.2 Å². The number of carbonyl (C=O) groups is 1. The summed E-state index contributed by atoms with van der Waals surface area (Å²) in [5, 5.41) is 11.0. The smallest absolute Gasteiger partial charge is 0.181 e. The van der Waals surface area contributed by atoms with Crippen LogP contribution in [-0.4, -0.2) is 27.7 Å². The zero-order chi connectivity index (χ0) is 13.3. The first-order chi connectivity index (χ1) is 8.26. The number of aliphatic hydroxyl groups is 1. The average Bonchev–Trinajstić information content (AvgIpc) is 2.84. The number of hydrogen-bond donors (Lipinski definition) is 1. The van der Waals surface area contributed by atoms with Gasteiger partial charge in [0.15, 0.2) is 5.78 Å². The van der Waals surface area contributed by atoms with Crippen molar-refractivity contribution in [3.05, 3.63) is 22.8 Å². The normalized spacial score (nSPS) is 46.2. The Balaban J connectivity index is 2.18. The molecule has 2 aliphatic carbocycles. The van der Waals surface area contributed by atoms with Gasteiger partial charge in [-0.3, -0.25) is 4.79 Å². The number of ether oxygens (including phenoxy) is 1. The first kappa shape index (κ1) is 12.1. The molecule has 0 aromatic heterocycles. The standard InChI is InChI=1S/C15H20O3/c1-9(2)11-8-15-13(4,18-15)5-6-14(15,17)10(3)7-12(11)16/h7,17H,5-6,8H2,1-4H3/t13-,14+,15-/m1/s1. The Bertz CT molecular complexity index is 512.